The number of rotatable bonds is 4. The van der Waals surface area contributed by atoms with Crippen molar-refractivity contribution < 1.29 is 0 Å². The molecule has 0 aliphatic carbocycles. The number of benzene rings is 1. The predicted molar refractivity (Wildman–Crippen MR) is 103 cm³/mol. The maximum Gasteiger partial charge on any atom is 0.0926 e. The topological polar surface area (TPSA) is 73.5 Å². The summed E-state index contributed by atoms with van der Waals surface area (Å²) in [4.78, 5) is 14.6. The van der Waals surface area contributed by atoms with Crippen molar-refractivity contribution >= 4 is 0 Å². The Balaban J connectivity index is 1.51. The third kappa shape index (κ3) is 2.94. The molecule has 1 aliphatic rings. The van der Waals surface area contributed by atoms with E-state index < -0.39 is 0 Å². The minimum absolute atomic E-state index is 0.113. The van der Waals surface area contributed by atoms with Crippen molar-refractivity contribution in [3.63, 3.8) is 0 Å². The number of pyridine rings is 1. The van der Waals surface area contributed by atoms with E-state index in [1.54, 1.807) is 6.33 Å². The molecule has 134 valence electrons. The van der Waals surface area contributed by atoms with Gasteiger partial charge in [0.25, 0.3) is 0 Å². The minimum Gasteiger partial charge on any atom is -0.348 e. The molecule has 0 fully saturated rings. The van der Waals surface area contributed by atoms with Crippen LogP contribution in [0.15, 0.2) is 67.4 Å². The first-order chi connectivity index (χ1) is 13.4. The van der Waals surface area contributed by atoms with Crippen LogP contribution < -0.4 is 0 Å². The molecule has 1 aromatic carbocycles. The standard InChI is InChI=1S/C21H20N6/c1-2-4-15(5-3-1)19-17(12-25-26-19)13-27-11-8-18-20(24-14-23-18)21(27)16-6-9-22-10-7-16/h1-7,9-10,12,14,21H,8,11,13H2,(H,23,24)(H,25,26)/t21-/m1/s1. The van der Waals surface area contributed by atoms with E-state index in [0.29, 0.717) is 0 Å². The first kappa shape index (κ1) is 16.0. The lowest BCUT2D eigenvalue weighted by Gasteiger charge is -2.35. The Labute approximate surface area is 157 Å². The van der Waals surface area contributed by atoms with Crippen LogP contribution in [0.2, 0.25) is 0 Å². The van der Waals surface area contributed by atoms with Gasteiger partial charge in [0.2, 0.25) is 0 Å². The van der Waals surface area contributed by atoms with Gasteiger partial charge in [-0.25, -0.2) is 4.98 Å². The summed E-state index contributed by atoms with van der Waals surface area (Å²) in [7, 11) is 0. The van der Waals surface area contributed by atoms with Gasteiger partial charge in [-0.2, -0.15) is 5.10 Å². The van der Waals surface area contributed by atoms with E-state index in [1.807, 2.05) is 24.7 Å². The highest BCUT2D eigenvalue weighted by atomic mass is 15.2. The van der Waals surface area contributed by atoms with Crippen molar-refractivity contribution in [3.05, 3.63) is 89.9 Å². The summed E-state index contributed by atoms with van der Waals surface area (Å²) in [6.45, 7) is 1.77. The molecular weight excluding hydrogens is 336 g/mol. The molecule has 0 unspecified atom stereocenters. The van der Waals surface area contributed by atoms with Gasteiger partial charge in [0.05, 0.1) is 30.0 Å². The summed E-state index contributed by atoms with van der Waals surface area (Å²) in [5.41, 5.74) is 6.97. The molecule has 1 aliphatic heterocycles. The fourth-order valence-corrected chi connectivity index (χ4v) is 3.91. The molecule has 0 spiro atoms. The second-order valence-electron chi connectivity index (χ2n) is 6.81. The van der Waals surface area contributed by atoms with E-state index in [9.17, 15) is 0 Å². The van der Waals surface area contributed by atoms with Crippen molar-refractivity contribution in [1.82, 2.24) is 30.0 Å². The van der Waals surface area contributed by atoms with Crippen LogP contribution in [0.5, 0.6) is 0 Å². The molecule has 4 heterocycles. The van der Waals surface area contributed by atoms with Crippen LogP contribution in [-0.4, -0.2) is 36.6 Å². The highest BCUT2D eigenvalue weighted by molar-refractivity contribution is 5.62. The second-order valence-corrected chi connectivity index (χ2v) is 6.81. The molecular formula is C21H20N6. The van der Waals surface area contributed by atoms with Crippen molar-refractivity contribution in [3.8, 4) is 11.3 Å². The molecule has 0 saturated heterocycles. The zero-order chi connectivity index (χ0) is 18.1. The van der Waals surface area contributed by atoms with Gasteiger partial charge in [0.1, 0.15) is 0 Å². The highest BCUT2D eigenvalue weighted by Crippen LogP contribution is 2.35. The predicted octanol–water partition coefficient (Wildman–Crippen LogP) is 3.34. The second kappa shape index (κ2) is 6.81. The van der Waals surface area contributed by atoms with Crippen LogP contribution in [0.4, 0.5) is 0 Å². The van der Waals surface area contributed by atoms with E-state index in [0.717, 1.165) is 36.5 Å². The third-order valence-electron chi connectivity index (χ3n) is 5.20. The number of nitrogens with one attached hydrogen (secondary N) is 2. The molecule has 1 atom stereocenters. The van der Waals surface area contributed by atoms with Crippen LogP contribution in [0.1, 0.15) is 28.6 Å². The molecule has 0 radical (unpaired) electrons. The number of nitrogens with zero attached hydrogens (tertiary/aromatic N) is 4. The minimum atomic E-state index is 0.113. The number of hydrogen-bond donors (Lipinski definition) is 2. The lowest BCUT2D eigenvalue weighted by atomic mass is 9.95. The summed E-state index contributed by atoms with van der Waals surface area (Å²) < 4.78 is 0. The Morgan fingerprint density at radius 1 is 1.07 bits per heavy atom. The third-order valence-corrected chi connectivity index (χ3v) is 5.20. The maximum atomic E-state index is 4.63. The van der Waals surface area contributed by atoms with Crippen LogP contribution in [0.25, 0.3) is 11.3 Å². The van der Waals surface area contributed by atoms with Crippen molar-refractivity contribution in [2.45, 2.75) is 19.0 Å². The Kier molecular flexibility index (Phi) is 4.03. The van der Waals surface area contributed by atoms with Gasteiger partial charge in [-0.3, -0.25) is 15.0 Å². The van der Waals surface area contributed by atoms with Gasteiger partial charge in [0.15, 0.2) is 0 Å². The number of aromatic nitrogens is 5. The average molecular weight is 356 g/mol. The van der Waals surface area contributed by atoms with Gasteiger partial charge in [0, 0.05) is 43.2 Å². The van der Waals surface area contributed by atoms with Gasteiger partial charge in [-0.15, -0.1) is 0 Å². The monoisotopic (exact) mass is 356 g/mol. The molecule has 4 aromatic rings. The van der Waals surface area contributed by atoms with Gasteiger partial charge >= 0.3 is 0 Å². The summed E-state index contributed by atoms with van der Waals surface area (Å²) in [5.74, 6) is 0. The zero-order valence-corrected chi connectivity index (χ0v) is 14.8. The molecule has 0 bridgehead atoms. The molecule has 2 N–H and O–H groups in total. The van der Waals surface area contributed by atoms with Gasteiger partial charge in [-0.1, -0.05) is 30.3 Å². The Morgan fingerprint density at radius 2 is 1.93 bits per heavy atom. The van der Waals surface area contributed by atoms with Gasteiger partial charge in [-0.05, 0) is 23.3 Å². The highest BCUT2D eigenvalue weighted by Gasteiger charge is 2.31. The number of imidazole rings is 1. The molecule has 6 nitrogen and oxygen atoms in total. The van der Waals surface area contributed by atoms with E-state index in [2.05, 4.69) is 66.4 Å². The first-order valence-corrected chi connectivity index (χ1v) is 9.14. The van der Waals surface area contributed by atoms with E-state index in [-0.39, 0.29) is 6.04 Å². The summed E-state index contributed by atoms with van der Waals surface area (Å²) in [6, 6.07) is 14.6. The summed E-state index contributed by atoms with van der Waals surface area (Å²) in [6.07, 6.45) is 8.40. The van der Waals surface area contributed by atoms with E-state index in [4.69, 9.17) is 0 Å². The van der Waals surface area contributed by atoms with E-state index >= 15 is 0 Å². The normalized spacial score (nSPS) is 17.0. The smallest absolute Gasteiger partial charge is 0.0926 e. The maximum absolute atomic E-state index is 4.63. The summed E-state index contributed by atoms with van der Waals surface area (Å²) >= 11 is 0. The fourth-order valence-electron chi connectivity index (χ4n) is 3.91. The molecule has 27 heavy (non-hydrogen) atoms. The van der Waals surface area contributed by atoms with Gasteiger partial charge < -0.3 is 4.98 Å². The molecule has 0 saturated carbocycles. The largest absolute Gasteiger partial charge is 0.348 e. The lowest BCUT2D eigenvalue weighted by molar-refractivity contribution is 0.200. The van der Waals surface area contributed by atoms with Crippen LogP contribution >= 0.6 is 0 Å². The molecule has 3 aromatic heterocycles. The lowest BCUT2D eigenvalue weighted by Crippen LogP contribution is -2.35. The fraction of sp³-hybridized carbons (Fsp3) is 0.190. The van der Waals surface area contributed by atoms with Crippen LogP contribution in [0.3, 0.4) is 0 Å². The van der Waals surface area contributed by atoms with Crippen molar-refractivity contribution in [1.29, 1.82) is 0 Å². The zero-order valence-electron chi connectivity index (χ0n) is 14.8. The van der Waals surface area contributed by atoms with Crippen LogP contribution in [0, 0.1) is 0 Å². The Morgan fingerprint density at radius 3 is 2.78 bits per heavy atom. The quantitative estimate of drug-likeness (QED) is 0.588. The van der Waals surface area contributed by atoms with Crippen molar-refractivity contribution in [2.75, 3.05) is 6.54 Å². The van der Waals surface area contributed by atoms with Crippen molar-refractivity contribution in [2.24, 2.45) is 0 Å². The number of H-pyrrole nitrogens is 2. The average Bonchev–Trinajstić information content (AvgIpc) is 3.38. The Bertz CT molecular complexity index is 1020. The Hall–Kier alpha value is -3.25. The SMILES string of the molecule is c1ccc(-c2[nH]ncc2CN2CCc3[nH]cnc3[C@H]2c2ccncc2)cc1. The summed E-state index contributed by atoms with van der Waals surface area (Å²) in [5, 5.41) is 7.48. The number of hydrogen-bond acceptors (Lipinski definition) is 4. The first-order valence-electron chi connectivity index (χ1n) is 9.14. The molecule has 5 rings (SSSR count). The number of aromatic amines is 2. The molecule has 0 amide bonds. The molecule has 6 heteroatoms. The number of fused-ring (bicyclic) bond motifs is 1. The van der Waals surface area contributed by atoms with Crippen LogP contribution in [-0.2, 0) is 13.0 Å². The van der Waals surface area contributed by atoms with E-state index in [1.165, 1.54) is 16.8 Å².